The van der Waals surface area contributed by atoms with Crippen molar-refractivity contribution in [3.63, 3.8) is 0 Å². The Kier molecular flexibility index (Phi) is 6.41. The lowest BCUT2D eigenvalue weighted by atomic mass is 10.1. The van der Waals surface area contributed by atoms with E-state index < -0.39 is 0 Å². The van der Waals surface area contributed by atoms with Crippen molar-refractivity contribution < 1.29 is 14.1 Å². The van der Waals surface area contributed by atoms with Crippen molar-refractivity contribution in [1.82, 2.24) is 20.8 Å². The number of pyridine rings is 1. The molecule has 0 saturated heterocycles. The van der Waals surface area contributed by atoms with E-state index in [0.29, 0.717) is 36.4 Å². The summed E-state index contributed by atoms with van der Waals surface area (Å²) in [4.78, 5) is 28.5. The molecule has 7 nitrogen and oxygen atoms in total. The van der Waals surface area contributed by atoms with Crippen LogP contribution in [0.3, 0.4) is 0 Å². The fourth-order valence-corrected chi connectivity index (χ4v) is 2.95. The zero-order valence-corrected chi connectivity index (χ0v) is 17.2. The summed E-state index contributed by atoms with van der Waals surface area (Å²) in [6.45, 7) is 4.92. The average Bonchev–Trinajstić information content (AvgIpc) is 3.11. The van der Waals surface area contributed by atoms with Crippen LogP contribution >= 0.6 is 15.9 Å². The summed E-state index contributed by atoms with van der Waals surface area (Å²) in [5, 5.41) is 10.4. The van der Waals surface area contributed by atoms with Crippen molar-refractivity contribution >= 4 is 38.8 Å². The second-order valence-electron chi connectivity index (χ2n) is 6.67. The molecule has 146 valence electrons. The van der Waals surface area contributed by atoms with Crippen LogP contribution in [0.15, 0.2) is 45.5 Å². The number of nitrogens with zero attached hydrogens (tertiary/aromatic N) is 2. The maximum absolute atomic E-state index is 12.3. The third-order valence-corrected chi connectivity index (χ3v) is 4.73. The summed E-state index contributed by atoms with van der Waals surface area (Å²) in [5.41, 5.74) is 2.27. The Morgan fingerprint density at radius 1 is 1.07 bits per heavy atom. The topological polar surface area (TPSA) is 97.1 Å². The van der Waals surface area contributed by atoms with Crippen LogP contribution in [0.1, 0.15) is 52.6 Å². The number of carbonyl (C=O) groups is 2. The molecule has 28 heavy (non-hydrogen) atoms. The smallest absolute Gasteiger partial charge is 0.257 e. The van der Waals surface area contributed by atoms with Gasteiger partial charge in [0.1, 0.15) is 0 Å². The largest absolute Gasteiger partial charge is 0.352 e. The van der Waals surface area contributed by atoms with E-state index in [-0.39, 0.29) is 17.7 Å². The van der Waals surface area contributed by atoms with Gasteiger partial charge in [0.15, 0.2) is 0 Å². The van der Waals surface area contributed by atoms with Crippen molar-refractivity contribution in [1.29, 1.82) is 0 Å². The van der Waals surface area contributed by atoms with Gasteiger partial charge in [-0.3, -0.25) is 9.59 Å². The Balaban J connectivity index is 1.48. The van der Waals surface area contributed by atoms with E-state index in [0.717, 1.165) is 15.6 Å². The number of nitrogens with one attached hydrogen (secondary N) is 2. The predicted molar refractivity (Wildman–Crippen MR) is 109 cm³/mol. The number of benzene rings is 1. The predicted octanol–water partition coefficient (Wildman–Crippen LogP) is 3.66. The van der Waals surface area contributed by atoms with Crippen molar-refractivity contribution in [3.8, 4) is 0 Å². The van der Waals surface area contributed by atoms with Crippen LogP contribution in [0, 0.1) is 0 Å². The van der Waals surface area contributed by atoms with Gasteiger partial charge < -0.3 is 15.2 Å². The van der Waals surface area contributed by atoms with E-state index in [1.165, 1.54) is 6.20 Å². The second-order valence-corrected chi connectivity index (χ2v) is 7.59. The molecule has 0 aliphatic rings. The Labute approximate surface area is 171 Å². The molecule has 0 saturated carbocycles. The van der Waals surface area contributed by atoms with Crippen molar-refractivity contribution in [2.45, 2.75) is 26.2 Å². The zero-order valence-electron chi connectivity index (χ0n) is 15.7. The van der Waals surface area contributed by atoms with E-state index >= 15 is 0 Å². The number of carbonyl (C=O) groups excluding carboxylic acids is 2. The Bertz CT molecular complexity index is 983. The highest BCUT2D eigenvalue weighted by molar-refractivity contribution is 9.10. The molecule has 2 heterocycles. The number of halogens is 1. The Morgan fingerprint density at radius 3 is 2.36 bits per heavy atom. The third kappa shape index (κ3) is 4.75. The molecule has 3 rings (SSSR count). The minimum atomic E-state index is -0.218. The minimum Gasteiger partial charge on any atom is -0.352 e. The quantitative estimate of drug-likeness (QED) is 0.541. The number of hydrogen-bond donors (Lipinski definition) is 2. The van der Waals surface area contributed by atoms with Gasteiger partial charge in [-0.2, -0.15) is 0 Å². The molecule has 0 aliphatic carbocycles. The molecule has 2 amide bonds. The number of aromatic nitrogens is 2. The van der Waals surface area contributed by atoms with Gasteiger partial charge in [-0.15, -0.1) is 0 Å². The highest BCUT2D eigenvalue weighted by atomic mass is 79.9. The first kappa shape index (κ1) is 20.0. The summed E-state index contributed by atoms with van der Waals surface area (Å²) in [6.07, 6.45) is 2.09. The van der Waals surface area contributed by atoms with Crippen LogP contribution in [-0.2, 0) is 0 Å². The SMILES string of the molecule is CC(C)c1noc2ncc(C(=O)NCCCNC(=O)c3ccc(Br)cc3)cc12. The van der Waals surface area contributed by atoms with Crippen LogP contribution < -0.4 is 10.6 Å². The third-order valence-electron chi connectivity index (χ3n) is 4.20. The lowest BCUT2D eigenvalue weighted by molar-refractivity contribution is 0.0951. The second kappa shape index (κ2) is 8.97. The van der Waals surface area contributed by atoms with Crippen molar-refractivity contribution in [2.75, 3.05) is 13.1 Å². The summed E-state index contributed by atoms with van der Waals surface area (Å²) in [5.74, 6) is -0.178. The standard InChI is InChI=1S/C20H21BrN4O3/c1-12(2)17-16-10-14(11-24-20(16)28-25-17)19(27)23-9-3-8-22-18(26)13-4-6-15(21)7-5-13/h4-7,10-12H,3,8-9H2,1-2H3,(H,22,26)(H,23,27). The monoisotopic (exact) mass is 444 g/mol. The number of amides is 2. The first-order valence-corrected chi connectivity index (χ1v) is 9.82. The normalized spacial score (nSPS) is 11.0. The van der Waals surface area contributed by atoms with Gasteiger partial charge in [0.05, 0.1) is 16.6 Å². The van der Waals surface area contributed by atoms with Gasteiger partial charge in [-0.1, -0.05) is 34.9 Å². The van der Waals surface area contributed by atoms with E-state index in [4.69, 9.17) is 4.52 Å². The average molecular weight is 445 g/mol. The van der Waals surface area contributed by atoms with Crippen LogP contribution in [0.5, 0.6) is 0 Å². The van der Waals surface area contributed by atoms with E-state index in [2.05, 4.69) is 36.7 Å². The van der Waals surface area contributed by atoms with Gasteiger partial charge in [0, 0.05) is 29.3 Å². The molecule has 0 aliphatic heterocycles. The van der Waals surface area contributed by atoms with Crippen LogP contribution in [0.2, 0.25) is 0 Å². The van der Waals surface area contributed by atoms with Gasteiger partial charge in [0.2, 0.25) is 0 Å². The van der Waals surface area contributed by atoms with Crippen LogP contribution in [0.25, 0.3) is 11.1 Å². The molecule has 0 fully saturated rings. The number of fused-ring (bicyclic) bond motifs is 1. The fraction of sp³-hybridized carbons (Fsp3) is 0.300. The molecule has 0 unspecified atom stereocenters. The molecule has 0 bridgehead atoms. The lowest BCUT2D eigenvalue weighted by Gasteiger charge is -2.07. The van der Waals surface area contributed by atoms with Gasteiger partial charge in [0.25, 0.3) is 17.5 Å². The minimum absolute atomic E-state index is 0.137. The summed E-state index contributed by atoms with van der Waals surface area (Å²) < 4.78 is 6.11. The summed E-state index contributed by atoms with van der Waals surface area (Å²) >= 11 is 3.34. The molecule has 2 N–H and O–H groups in total. The van der Waals surface area contributed by atoms with Gasteiger partial charge in [-0.05, 0) is 42.7 Å². The maximum atomic E-state index is 12.3. The summed E-state index contributed by atoms with van der Waals surface area (Å²) in [7, 11) is 0. The fourth-order valence-electron chi connectivity index (χ4n) is 2.69. The van der Waals surface area contributed by atoms with Gasteiger partial charge in [-0.25, -0.2) is 4.98 Å². The first-order chi connectivity index (χ1) is 13.5. The lowest BCUT2D eigenvalue weighted by Crippen LogP contribution is -2.29. The van der Waals surface area contributed by atoms with Crippen molar-refractivity contribution in [3.05, 3.63) is 57.8 Å². The highest BCUT2D eigenvalue weighted by Crippen LogP contribution is 2.23. The molecule has 0 spiro atoms. The first-order valence-electron chi connectivity index (χ1n) is 9.03. The Morgan fingerprint density at radius 2 is 1.71 bits per heavy atom. The van der Waals surface area contributed by atoms with E-state index in [1.807, 2.05) is 26.0 Å². The van der Waals surface area contributed by atoms with Crippen molar-refractivity contribution in [2.24, 2.45) is 0 Å². The van der Waals surface area contributed by atoms with E-state index in [1.54, 1.807) is 18.2 Å². The molecular weight excluding hydrogens is 424 g/mol. The van der Waals surface area contributed by atoms with Gasteiger partial charge >= 0.3 is 0 Å². The highest BCUT2D eigenvalue weighted by Gasteiger charge is 2.15. The molecule has 0 radical (unpaired) electrons. The molecule has 2 aromatic heterocycles. The molecule has 3 aromatic rings. The Hall–Kier alpha value is -2.74. The zero-order chi connectivity index (χ0) is 20.1. The number of hydrogen-bond acceptors (Lipinski definition) is 5. The summed E-state index contributed by atoms with van der Waals surface area (Å²) in [6, 6.07) is 8.89. The molecule has 8 heteroatoms. The number of rotatable bonds is 7. The molecular formula is C20H21BrN4O3. The van der Waals surface area contributed by atoms with Crippen LogP contribution in [0.4, 0.5) is 0 Å². The maximum Gasteiger partial charge on any atom is 0.257 e. The van der Waals surface area contributed by atoms with Crippen LogP contribution in [-0.4, -0.2) is 35.0 Å². The molecule has 0 atom stereocenters. The molecule has 1 aromatic carbocycles. The van der Waals surface area contributed by atoms with E-state index in [9.17, 15) is 9.59 Å².